The Morgan fingerprint density at radius 2 is 1.24 bits per heavy atom. The quantitative estimate of drug-likeness (QED) is 0.169. The molecule has 0 aromatic heterocycles. The third kappa shape index (κ3) is 12.2. The highest BCUT2D eigenvalue weighted by Gasteiger charge is 2.18. The minimum Gasteiger partial charge on any atom is -0.494 e. The smallest absolute Gasteiger partial charge is 0.254 e. The lowest BCUT2D eigenvalue weighted by atomic mass is 10.0. The first kappa shape index (κ1) is 30.9. The van der Waals surface area contributed by atoms with Crippen molar-refractivity contribution in [3.05, 3.63) is 65.2 Å². The summed E-state index contributed by atoms with van der Waals surface area (Å²) in [5, 5.41) is 0. The first-order chi connectivity index (χ1) is 18.1. The molecule has 0 aliphatic carbocycles. The van der Waals surface area contributed by atoms with E-state index >= 15 is 0 Å². The lowest BCUT2D eigenvalue weighted by Crippen LogP contribution is -2.39. The maximum Gasteiger partial charge on any atom is 0.254 e. The Labute approximate surface area is 227 Å². The molecule has 4 nitrogen and oxygen atoms in total. The van der Waals surface area contributed by atoms with E-state index in [0.29, 0.717) is 6.54 Å². The van der Waals surface area contributed by atoms with Gasteiger partial charge in [-0.25, -0.2) is 0 Å². The van der Waals surface area contributed by atoms with Crippen molar-refractivity contribution in [1.29, 1.82) is 0 Å². The lowest BCUT2D eigenvalue weighted by Gasteiger charge is -2.28. The van der Waals surface area contributed by atoms with Gasteiger partial charge in [-0.3, -0.25) is 4.79 Å². The van der Waals surface area contributed by atoms with E-state index in [1.165, 1.54) is 50.5 Å². The largest absolute Gasteiger partial charge is 0.494 e. The molecule has 0 saturated carbocycles. The van der Waals surface area contributed by atoms with Gasteiger partial charge < -0.3 is 14.5 Å². The summed E-state index contributed by atoms with van der Waals surface area (Å²) in [6.45, 7) is 14.1. The Bertz CT molecular complexity index is 840. The number of carbonyl (C=O) groups is 1. The summed E-state index contributed by atoms with van der Waals surface area (Å²) >= 11 is 0. The van der Waals surface area contributed by atoms with Crippen LogP contribution in [0, 0.1) is 0 Å². The van der Waals surface area contributed by atoms with Gasteiger partial charge in [0.05, 0.1) is 6.61 Å². The van der Waals surface area contributed by atoms with E-state index in [9.17, 15) is 4.79 Å². The molecule has 2 rings (SSSR count). The molecular weight excluding hydrogens is 456 g/mol. The molecule has 2 aromatic rings. The van der Waals surface area contributed by atoms with Crippen molar-refractivity contribution in [3.8, 4) is 5.75 Å². The number of nitrogens with zero attached hydrogens (tertiary/aromatic N) is 2. The molecule has 0 unspecified atom stereocenters. The Hall–Kier alpha value is -2.33. The molecule has 206 valence electrons. The Balaban J connectivity index is 2.12. The Kier molecular flexibility index (Phi) is 15.7. The highest BCUT2D eigenvalue weighted by Crippen LogP contribution is 2.17. The predicted molar refractivity (Wildman–Crippen MR) is 158 cm³/mol. The Morgan fingerprint density at radius 1 is 0.649 bits per heavy atom. The molecule has 0 fully saturated rings. The van der Waals surface area contributed by atoms with Gasteiger partial charge in [0.25, 0.3) is 5.91 Å². The second-order valence-electron chi connectivity index (χ2n) is 10.3. The standard InChI is InChI=1S/C33H52N2O2/c1-5-9-13-14-29-15-19-31(20-16-29)33(36)35(26-25-34(23-10-6-2)24-11-7-3)28-30-17-21-32(22-18-30)37-27-12-8-4/h15-22H,5-14,23-28H2,1-4H3. The fourth-order valence-corrected chi connectivity index (χ4v) is 4.43. The van der Waals surface area contributed by atoms with Crippen LogP contribution in [-0.2, 0) is 13.0 Å². The molecule has 0 heterocycles. The van der Waals surface area contributed by atoms with Crippen molar-refractivity contribution in [3.63, 3.8) is 0 Å². The van der Waals surface area contributed by atoms with Crippen molar-refractivity contribution in [2.24, 2.45) is 0 Å². The monoisotopic (exact) mass is 508 g/mol. The van der Waals surface area contributed by atoms with Crippen LogP contribution >= 0.6 is 0 Å². The summed E-state index contributed by atoms with van der Waals surface area (Å²) < 4.78 is 5.84. The normalized spacial score (nSPS) is 11.2. The van der Waals surface area contributed by atoms with Crippen LogP contribution in [0.25, 0.3) is 0 Å². The summed E-state index contributed by atoms with van der Waals surface area (Å²) in [5.74, 6) is 1.02. The molecule has 0 N–H and O–H groups in total. The predicted octanol–water partition coefficient (Wildman–Crippen LogP) is 8.14. The van der Waals surface area contributed by atoms with Crippen LogP contribution in [-0.4, -0.2) is 48.5 Å². The van der Waals surface area contributed by atoms with Gasteiger partial charge in [-0.05, 0) is 80.6 Å². The molecule has 0 bridgehead atoms. The van der Waals surface area contributed by atoms with E-state index in [4.69, 9.17) is 4.74 Å². The highest BCUT2D eigenvalue weighted by molar-refractivity contribution is 5.94. The molecule has 0 aliphatic heterocycles. The summed E-state index contributed by atoms with van der Waals surface area (Å²) in [4.78, 5) is 18.3. The fraction of sp³-hybridized carbons (Fsp3) is 0.606. The highest BCUT2D eigenvalue weighted by atomic mass is 16.5. The van der Waals surface area contributed by atoms with Gasteiger partial charge in [-0.15, -0.1) is 0 Å². The first-order valence-electron chi connectivity index (χ1n) is 14.9. The molecule has 0 spiro atoms. The summed E-state index contributed by atoms with van der Waals surface area (Å²) in [7, 11) is 0. The molecule has 0 aliphatic rings. The number of hydrogen-bond acceptors (Lipinski definition) is 3. The van der Waals surface area contributed by atoms with Crippen molar-refractivity contribution < 1.29 is 9.53 Å². The van der Waals surface area contributed by atoms with Crippen LogP contribution in [0.4, 0.5) is 0 Å². The second kappa shape index (κ2) is 18.8. The molecule has 1 amide bonds. The third-order valence-electron chi connectivity index (χ3n) is 6.96. The lowest BCUT2D eigenvalue weighted by molar-refractivity contribution is 0.0720. The van der Waals surface area contributed by atoms with E-state index in [2.05, 4.69) is 56.9 Å². The average molecular weight is 509 g/mol. The van der Waals surface area contributed by atoms with E-state index in [1.807, 2.05) is 29.2 Å². The van der Waals surface area contributed by atoms with E-state index < -0.39 is 0 Å². The topological polar surface area (TPSA) is 32.8 Å². The zero-order chi connectivity index (χ0) is 26.7. The number of hydrogen-bond donors (Lipinski definition) is 0. The maximum atomic E-state index is 13.7. The van der Waals surface area contributed by atoms with Crippen LogP contribution in [0.15, 0.2) is 48.5 Å². The van der Waals surface area contributed by atoms with Gasteiger partial charge in [0, 0.05) is 25.2 Å². The molecule has 0 atom stereocenters. The van der Waals surface area contributed by atoms with Crippen LogP contribution < -0.4 is 4.74 Å². The van der Waals surface area contributed by atoms with E-state index in [-0.39, 0.29) is 5.91 Å². The summed E-state index contributed by atoms with van der Waals surface area (Å²) in [5.41, 5.74) is 3.24. The van der Waals surface area contributed by atoms with Crippen LogP contribution in [0.3, 0.4) is 0 Å². The van der Waals surface area contributed by atoms with E-state index in [0.717, 1.165) is 68.9 Å². The Morgan fingerprint density at radius 3 is 1.84 bits per heavy atom. The van der Waals surface area contributed by atoms with Gasteiger partial charge in [-0.2, -0.15) is 0 Å². The fourth-order valence-electron chi connectivity index (χ4n) is 4.43. The molecule has 0 radical (unpaired) electrons. The van der Waals surface area contributed by atoms with Gasteiger partial charge in [0.15, 0.2) is 0 Å². The zero-order valence-electron chi connectivity index (χ0n) is 24.1. The van der Waals surface area contributed by atoms with Crippen molar-refractivity contribution in [2.45, 2.75) is 98.4 Å². The van der Waals surface area contributed by atoms with Gasteiger partial charge in [0.1, 0.15) is 5.75 Å². The third-order valence-corrected chi connectivity index (χ3v) is 6.96. The van der Waals surface area contributed by atoms with Gasteiger partial charge in [0.2, 0.25) is 0 Å². The van der Waals surface area contributed by atoms with Crippen molar-refractivity contribution >= 4 is 5.91 Å². The zero-order valence-corrected chi connectivity index (χ0v) is 24.1. The minimum absolute atomic E-state index is 0.120. The molecule has 0 saturated heterocycles. The number of rotatable bonds is 20. The average Bonchev–Trinajstić information content (AvgIpc) is 2.93. The number of unbranched alkanes of at least 4 members (excludes halogenated alkanes) is 5. The number of ether oxygens (including phenoxy) is 1. The number of aryl methyl sites for hydroxylation is 1. The molecule has 4 heteroatoms. The summed E-state index contributed by atoms with van der Waals surface area (Å²) in [6.07, 6.45) is 11.8. The minimum atomic E-state index is 0.120. The van der Waals surface area contributed by atoms with Crippen LogP contribution in [0.2, 0.25) is 0 Å². The number of carbonyl (C=O) groups excluding carboxylic acids is 1. The van der Waals surface area contributed by atoms with Crippen LogP contribution in [0.1, 0.15) is 107 Å². The van der Waals surface area contributed by atoms with Gasteiger partial charge >= 0.3 is 0 Å². The van der Waals surface area contributed by atoms with Crippen molar-refractivity contribution in [2.75, 3.05) is 32.8 Å². The van der Waals surface area contributed by atoms with E-state index in [1.54, 1.807) is 0 Å². The summed E-state index contributed by atoms with van der Waals surface area (Å²) in [6, 6.07) is 16.6. The number of benzene rings is 2. The second-order valence-corrected chi connectivity index (χ2v) is 10.3. The van der Waals surface area contributed by atoms with Gasteiger partial charge in [-0.1, -0.05) is 84.1 Å². The molecular formula is C33H52N2O2. The number of amides is 1. The van der Waals surface area contributed by atoms with Crippen LogP contribution in [0.5, 0.6) is 5.75 Å². The molecule has 2 aromatic carbocycles. The molecule has 37 heavy (non-hydrogen) atoms. The first-order valence-corrected chi connectivity index (χ1v) is 14.9. The SMILES string of the molecule is CCCCCc1ccc(C(=O)N(CCN(CCCC)CCCC)Cc2ccc(OCCCC)cc2)cc1. The maximum absolute atomic E-state index is 13.7. The van der Waals surface area contributed by atoms with Crippen molar-refractivity contribution in [1.82, 2.24) is 9.80 Å².